The molecule has 0 aromatic carbocycles. The zero-order valence-corrected chi connectivity index (χ0v) is 5.52. The van der Waals surface area contributed by atoms with Gasteiger partial charge in [-0.25, -0.2) is 0 Å². The average Bonchev–Trinajstić information content (AvgIpc) is 1.94. The second-order valence-corrected chi connectivity index (χ2v) is 1.42. The number of carbonyl (C=O) groups is 1. The topological polar surface area (TPSA) is 41.5 Å². The standard InChI is InChI=1S/C5H6N2O.ClH/c8-5-1-2-6-3-4-7-5;/h2-4H,1H2,(H,7,8);1H. The van der Waals surface area contributed by atoms with Crippen LogP contribution in [0.2, 0.25) is 0 Å². The summed E-state index contributed by atoms with van der Waals surface area (Å²) < 4.78 is 0. The summed E-state index contributed by atoms with van der Waals surface area (Å²) in [7, 11) is 0. The molecule has 0 bridgehead atoms. The van der Waals surface area contributed by atoms with Gasteiger partial charge in [-0.3, -0.25) is 9.79 Å². The van der Waals surface area contributed by atoms with Crippen LogP contribution in [-0.4, -0.2) is 12.1 Å². The number of carbonyl (C=O) groups excluding carboxylic acids is 1. The van der Waals surface area contributed by atoms with Crippen LogP contribution in [0.15, 0.2) is 17.4 Å². The van der Waals surface area contributed by atoms with Crippen LogP contribution < -0.4 is 5.32 Å². The molecule has 3 nitrogen and oxygen atoms in total. The third-order valence-corrected chi connectivity index (χ3v) is 0.787. The predicted octanol–water partition coefficient (Wildman–Crippen LogP) is 0.470. The molecule has 0 spiro atoms. The minimum Gasteiger partial charge on any atom is -0.331 e. The van der Waals surface area contributed by atoms with Crippen molar-refractivity contribution in [2.75, 3.05) is 0 Å². The van der Waals surface area contributed by atoms with Gasteiger partial charge in [-0.1, -0.05) is 0 Å². The Balaban J connectivity index is 0.000000640. The molecular weight excluding hydrogens is 140 g/mol. The molecule has 1 amide bonds. The summed E-state index contributed by atoms with van der Waals surface area (Å²) in [4.78, 5) is 14.2. The first-order valence-corrected chi connectivity index (χ1v) is 2.35. The Morgan fingerprint density at radius 3 is 3.22 bits per heavy atom. The molecule has 50 valence electrons. The summed E-state index contributed by atoms with van der Waals surface area (Å²) in [5, 5.41) is 2.50. The van der Waals surface area contributed by atoms with E-state index < -0.39 is 0 Å². The summed E-state index contributed by atoms with van der Waals surface area (Å²) in [5.74, 6) is -0.0116. The molecule has 0 aliphatic carbocycles. The first kappa shape index (κ1) is 8.17. The summed E-state index contributed by atoms with van der Waals surface area (Å²) in [6, 6.07) is 0. The van der Waals surface area contributed by atoms with Crippen LogP contribution in [0.25, 0.3) is 0 Å². The Morgan fingerprint density at radius 1 is 1.67 bits per heavy atom. The molecule has 4 heteroatoms. The molecule has 0 radical (unpaired) electrons. The van der Waals surface area contributed by atoms with Gasteiger partial charge in [0, 0.05) is 18.6 Å². The highest BCUT2D eigenvalue weighted by Gasteiger charge is 1.94. The quantitative estimate of drug-likeness (QED) is 0.531. The van der Waals surface area contributed by atoms with Gasteiger partial charge in [0.1, 0.15) is 0 Å². The number of halogens is 1. The fourth-order valence-electron chi connectivity index (χ4n) is 0.429. The number of aliphatic imine (C=N–C) groups is 1. The monoisotopic (exact) mass is 146 g/mol. The molecule has 0 fully saturated rings. The second-order valence-electron chi connectivity index (χ2n) is 1.42. The zero-order valence-electron chi connectivity index (χ0n) is 4.70. The van der Waals surface area contributed by atoms with Gasteiger partial charge in [-0.2, -0.15) is 0 Å². The van der Waals surface area contributed by atoms with E-state index in [4.69, 9.17) is 0 Å². The van der Waals surface area contributed by atoms with Gasteiger partial charge in [-0.15, -0.1) is 12.4 Å². The van der Waals surface area contributed by atoms with Crippen LogP contribution in [0.3, 0.4) is 0 Å². The summed E-state index contributed by atoms with van der Waals surface area (Å²) in [5.41, 5.74) is 0. The van der Waals surface area contributed by atoms with Crippen LogP contribution in [-0.2, 0) is 4.79 Å². The van der Waals surface area contributed by atoms with Gasteiger partial charge in [0.05, 0.1) is 6.42 Å². The van der Waals surface area contributed by atoms with Gasteiger partial charge in [-0.05, 0) is 0 Å². The smallest absolute Gasteiger partial charge is 0.229 e. The molecule has 1 heterocycles. The number of hydrogen-bond acceptors (Lipinski definition) is 2. The van der Waals surface area contributed by atoms with Crippen molar-refractivity contribution in [3.8, 4) is 0 Å². The Bertz CT molecular complexity index is 137. The highest BCUT2D eigenvalue weighted by molar-refractivity contribution is 5.91. The van der Waals surface area contributed by atoms with E-state index >= 15 is 0 Å². The van der Waals surface area contributed by atoms with Crippen LogP contribution in [0.4, 0.5) is 0 Å². The highest BCUT2D eigenvalue weighted by Crippen LogP contribution is 1.81. The Morgan fingerprint density at radius 2 is 2.44 bits per heavy atom. The van der Waals surface area contributed by atoms with Gasteiger partial charge >= 0.3 is 0 Å². The Hall–Kier alpha value is -0.830. The molecule has 0 aromatic heterocycles. The summed E-state index contributed by atoms with van der Waals surface area (Å²) in [6.07, 6.45) is 5.02. The van der Waals surface area contributed by atoms with E-state index in [-0.39, 0.29) is 18.3 Å². The van der Waals surface area contributed by atoms with Crippen LogP contribution in [0.5, 0.6) is 0 Å². The van der Waals surface area contributed by atoms with E-state index in [9.17, 15) is 4.79 Å². The summed E-state index contributed by atoms with van der Waals surface area (Å²) in [6.45, 7) is 0. The summed E-state index contributed by atoms with van der Waals surface area (Å²) >= 11 is 0. The maximum absolute atomic E-state index is 10.4. The van der Waals surface area contributed by atoms with Gasteiger partial charge in [0.15, 0.2) is 0 Å². The van der Waals surface area contributed by atoms with Crippen molar-refractivity contribution in [1.82, 2.24) is 5.32 Å². The third kappa shape index (κ3) is 2.87. The fraction of sp³-hybridized carbons (Fsp3) is 0.200. The molecule has 0 atom stereocenters. The zero-order chi connectivity index (χ0) is 5.82. The lowest BCUT2D eigenvalue weighted by molar-refractivity contribution is -0.118. The van der Waals surface area contributed by atoms with Crippen LogP contribution in [0.1, 0.15) is 6.42 Å². The van der Waals surface area contributed by atoms with Gasteiger partial charge < -0.3 is 5.32 Å². The maximum atomic E-state index is 10.4. The van der Waals surface area contributed by atoms with E-state index in [2.05, 4.69) is 10.3 Å². The molecule has 0 saturated carbocycles. The molecule has 1 aliphatic heterocycles. The van der Waals surface area contributed by atoms with Crippen LogP contribution in [0, 0.1) is 0 Å². The highest BCUT2D eigenvalue weighted by atomic mass is 35.5. The Kier molecular flexibility index (Phi) is 3.71. The van der Waals surface area contributed by atoms with Gasteiger partial charge in [0.25, 0.3) is 0 Å². The lowest BCUT2D eigenvalue weighted by Crippen LogP contribution is -2.15. The van der Waals surface area contributed by atoms with Crippen molar-refractivity contribution in [3.63, 3.8) is 0 Å². The first-order valence-electron chi connectivity index (χ1n) is 2.35. The average molecular weight is 147 g/mol. The predicted molar refractivity (Wildman–Crippen MR) is 37.6 cm³/mol. The van der Waals surface area contributed by atoms with E-state index in [0.29, 0.717) is 6.42 Å². The normalized spacial score (nSPS) is 15.8. The number of nitrogens with one attached hydrogen (secondary N) is 1. The Labute approximate surface area is 59.3 Å². The van der Waals surface area contributed by atoms with Crippen molar-refractivity contribution in [2.24, 2.45) is 4.99 Å². The molecular formula is C5H7ClN2O. The molecule has 1 aliphatic rings. The lowest BCUT2D eigenvalue weighted by atomic mass is 10.4. The molecule has 0 unspecified atom stereocenters. The fourth-order valence-corrected chi connectivity index (χ4v) is 0.429. The third-order valence-electron chi connectivity index (χ3n) is 0.787. The molecule has 0 saturated heterocycles. The van der Waals surface area contributed by atoms with E-state index in [1.165, 1.54) is 6.20 Å². The van der Waals surface area contributed by atoms with Crippen molar-refractivity contribution >= 4 is 24.5 Å². The van der Waals surface area contributed by atoms with Crippen molar-refractivity contribution < 1.29 is 4.79 Å². The minimum atomic E-state index is -0.0116. The molecule has 1 rings (SSSR count). The van der Waals surface area contributed by atoms with Crippen LogP contribution >= 0.6 is 12.4 Å². The number of rotatable bonds is 0. The maximum Gasteiger partial charge on any atom is 0.229 e. The molecule has 1 N–H and O–H groups in total. The largest absolute Gasteiger partial charge is 0.331 e. The minimum absolute atomic E-state index is 0. The number of hydrogen-bond donors (Lipinski definition) is 1. The second kappa shape index (κ2) is 4.09. The number of amides is 1. The van der Waals surface area contributed by atoms with Gasteiger partial charge in [0.2, 0.25) is 5.91 Å². The van der Waals surface area contributed by atoms with E-state index in [1.807, 2.05) is 0 Å². The first-order chi connectivity index (χ1) is 3.89. The van der Waals surface area contributed by atoms with E-state index in [0.717, 1.165) is 0 Å². The van der Waals surface area contributed by atoms with E-state index in [1.54, 1.807) is 12.4 Å². The lowest BCUT2D eigenvalue weighted by Gasteiger charge is -1.87. The molecule has 9 heavy (non-hydrogen) atoms. The number of nitrogens with zero attached hydrogens (tertiary/aromatic N) is 1. The molecule has 0 aromatic rings. The SMILES string of the molecule is Cl.O=C1CC=NC=CN1. The van der Waals surface area contributed by atoms with Crippen molar-refractivity contribution in [3.05, 3.63) is 12.4 Å². The van der Waals surface area contributed by atoms with Crippen molar-refractivity contribution in [1.29, 1.82) is 0 Å². The van der Waals surface area contributed by atoms with Crippen molar-refractivity contribution in [2.45, 2.75) is 6.42 Å².